The standard InChI is InChI=1S/C22H32N2O6/c1-21(2,3)29-19(26)23-14-10-13-17(24(23)20(27)30-22(4,5)6)18(25)28-15-16-11-8-7-9-12-16/h7-9,11-12,17H,10,13-15H2,1-6H3/t17-/m1/s1. The van der Waals surface area contributed by atoms with Crippen LogP contribution >= 0.6 is 0 Å². The second kappa shape index (κ2) is 9.36. The first kappa shape index (κ1) is 23.5. The zero-order valence-electron chi connectivity index (χ0n) is 18.6. The van der Waals surface area contributed by atoms with Crippen LogP contribution in [0.4, 0.5) is 9.59 Å². The molecule has 1 saturated heterocycles. The van der Waals surface area contributed by atoms with E-state index in [1.807, 2.05) is 30.3 Å². The second-order valence-electron chi connectivity index (χ2n) is 9.18. The van der Waals surface area contributed by atoms with E-state index in [0.717, 1.165) is 15.6 Å². The highest BCUT2D eigenvalue weighted by molar-refractivity contribution is 5.83. The normalized spacial score (nSPS) is 17.3. The summed E-state index contributed by atoms with van der Waals surface area (Å²) in [4.78, 5) is 38.5. The van der Waals surface area contributed by atoms with Crippen LogP contribution in [0.1, 0.15) is 59.9 Å². The smallest absolute Gasteiger partial charge is 0.430 e. The molecular weight excluding hydrogens is 388 g/mol. The van der Waals surface area contributed by atoms with E-state index >= 15 is 0 Å². The van der Waals surface area contributed by atoms with Gasteiger partial charge >= 0.3 is 18.2 Å². The van der Waals surface area contributed by atoms with Crippen molar-refractivity contribution in [2.75, 3.05) is 6.54 Å². The highest BCUT2D eigenvalue weighted by atomic mass is 16.6. The largest absolute Gasteiger partial charge is 0.459 e. The molecule has 0 N–H and O–H groups in total. The molecule has 8 heteroatoms. The topological polar surface area (TPSA) is 85.4 Å². The highest BCUT2D eigenvalue weighted by Gasteiger charge is 2.44. The van der Waals surface area contributed by atoms with Gasteiger partial charge in [-0.2, -0.15) is 5.01 Å². The Kier molecular flexibility index (Phi) is 7.34. The molecule has 1 aliphatic rings. The van der Waals surface area contributed by atoms with Crippen LogP contribution < -0.4 is 0 Å². The lowest BCUT2D eigenvalue weighted by molar-refractivity contribution is -0.163. The lowest BCUT2D eigenvalue weighted by Crippen LogP contribution is -2.61. The Balaban J connectivity index is 2.22. The van der Waals surface area contributed by atoms with Crippen LogP contribution in [0, 0.1) is 0 Å². The fourth-order valence-electron chi connectivity index (χ4n) is 2.90. The van der Waals surface area contributed by atoms with Crippen LogP contribution in [0.3, 0.4) is 0 Å². The maximum atomic E-state index is 12.9. The first-order chi connectivity index (χ1) is 13.9. The molecule has 166 valence electrons. The van der Waals surface area contributed by atoms with Gasteiger partial charge in [-0.3, -0.25) is 0 Å². The van der Waals surface area contributed by atoms with Gasteiger partial charge in [0.25, 0.3) is 0 Å². The fraction of sp³-hybridized carbons (Fsp3) is 0.591. The number of benzene rings is 1. The predicted molar refractivity (Wildman–Crippen MR) is 110 cm³/mol. The first-order valence-corrected chi connectivity index (χ1v) is 10.1. The maximum absolute atomic E-state index is 12.9. The second-order valence-corrected chi connectivity index (χ2v) is 9.18. The minimum atomic E-state index is -0.982. The number of ether oxygens (including phenoxy) is 3. The van der Waals surface area contributed by atoms with Crippen molar-refractivity contribution in [2.45, 2.75) is 78.2 Å². The molecule has 8 nitrogen and oxygen atoms in total. The number of hydrogen-bond acceptors (Lipinski definition) is 6. The number of carbonyl (C=O) groups excluding carboxylic acids is 3. The van der Waals surface area contributed by atoms with Crippen LogP contribution in [-0.4, -0.2) is 52.0 Å². The summed E-state index contributed by atoms with van der Waals surface area (Å²) in [5, 5.41) is 2.17. The molecule has 0 aliphatic carbocycles. The molecule has 2 rings (SSSR count). The van der Waals surface area contributed by atoms with Gasteiger partial charge in [0.1, 0.15) is 17.8 Å². The van der Waals surface area contributed by atoms with Crippen molar-refractivity contribution in [3.8, 4) is 0 Å². The monoisotopic (exact) mass is 420 g/mol. The molecule has 0 unspecified atom stereocenters. The molecule has 1 aliphatic heterocycles. The van der Waals surface area contributed by atoms with E-state index in [2.05, 4.69) is 0 Å². The molecule has 0 radical (unpaired) electrons. The van der Waals surface area contributed by atoms with Crippen molar-refractivity contribution in [1.29, 1.82) is 0 Å². The molecule has 1 fully saturated rings. The summed E-state index contributed by atoms with van der Waals surface area (Å²) in [5.74, 6) is -0.599. The quantitative estimate of drug-likeness (QED) is 0.536. The summed E-state index contributed by atoms with van der Waals surface area (Å²) in [6, 6.07) is 8.27. The number of hydrogen-bond donors (Lipinski definition) is 0. The molecule has 2 amide bonds. The van der Waals surface area contributed by atoms with Gasteiger partial charge in [0.05, 0.1) is 0 Å². The minimum Gasteiger partial charge on any atom is -0.459 e. The maximum Gasteiger partial charge on any atom is 0.430 e. The number of amides is 2. The summed E-state index contributed by atoms with van der Waals surface area (Å²) in [6.45, 7) is 10.7. The Labute approximate surface area is 178 Å². The highest BCUT2D eigenvalue weighted by Crippen LogP contribution is 2.25. The molecule has 0 bridgehead atoms. The van der Waals surface area contributed by atoms with Crippen LogP contribution in [-0.2, 0) is 25.6 Å². The molecule has 1 heterocycles. The van der Waals surface area contributed by atoms with E-state index in [9.17, 15) is 14.4 Å². The molecule has 0 aromatic heterocycles. The summed E-state index contributed by atoms with van der Waals surface area (Å²) in [6.07, 6.45) is -0.640. The third kappa shape index (κ3) is 6.93. The van der Waals surface area contributed by atoms with Gasteiger partial charge in [0.15, 0.2) is 6.04 Å². The third-order valence-electron chi connectivity index (χ3n) is 4.08. The van der Waals surface area contributed by atoms with Gasteiger partial charge in [-0.15, -0.1) is 0 Å². The zero-order chi connectivity index (χ0) is 22.5. The van der Waals surface area contributed by atoms with Crippen molar-refractivity contribution in [2.24, 2.45) is 0 Å². The Bertz CT molecular complexity index is 751. The average Bonchev–Trinajstić information content (AvgIpc) is 2.63. The van der Waals surface area contributed by atoms with Crippen LogP contribution in [0.15, 0.2) is 30.3 Å². The Hall–Kier alpha value is -2.77. The van der Waals surface area contributed by atoms with E-state index in [0.29, 0.717) is 12.8 Å². The van der Waals surface area contributed by atoms with Gasteiger partial charge in [0, 0.05) is 6.54 Å². The SMILES string of the molecule is CC(C)(C)OC(=O)N1CCC[C@H](C(=O)OCc2ccccc2)N1C(=O)OC(C)(C)C. The van der Waals surface area contributed by atoms with E-state index in [1.165, 1.54) is 0 Å². The van der Waals surface area contributed by atoms with Gasteiger partial charge < -0.3 is 14.2 Å². The molecule has 1 aromatic rings. The Morgan fingerprint density at radius 1 is 0.933 bits per heavy atom. The zero-order valence-corrected chi connectivity index (χ0v) is 18.6. The molecule has 0 spiro atoms. The minimum absolute atomic E-state index is 0.0742. The number of carbonyl (C=O) groups is 3. The Morgan fingerprint density at radius 2 is 1.50 bits per heavy atom. The number of nitrogens with zero attached hydrogens (tertiary/aromatic N) is 2. The van der Waals surface area contributed by atoms with E-state index in [4.69, 9.17) is 14.2 Å². The molecule has 30 heavy (non-hydrogen) atoms. The van der Waals surface area contributed by atoms with Crippen molar-refractivity contribution in [3.63, 3.8) is 0 Å². The lowest BCUT2D eigenvalue weighted by atomic mass is 10.1. The number of rotatable bonds is 3. The molecular formula is C22H32N2O6. The molecule has 1 atom stereocenters. The average molecular weight is 421 g/mol. The first-order valence-electron chi connectivity index (χ1n) is 10.1. The van der Waals surface area contributed by atoms with E-state index in [-0.39, 0.29) is 13.2 Å². The van der Waals surface area contributed by atoms with Crippen LogP contribution in [0.2, 0.25) is 0 Å². The molecule has 0 saturated carbocycles. The van der Waals surface area contributed by atoms with Crippen molar-refractivity contribution >= 4 is 18.2 Å². The van der Waals surface area contributed by atoms with Gasteiger partial charge in [0.2, 0.25) is 0 Å². The number of hydrazine groups is 1. The fourth-order valence-corrected chi connectivity index (χ4v) is 2.90. The third-order valence-corrected chi connectivity index (χ3v) is 4.08. The summed E-state index contributed by atoms with van der Waals surface area (Å²) < 4.78 is 16.3. The van der Waals surface area contributed by atoms with Gasteiger partial charge in [-0.1, -0.05) is 30.3 Å². The summed E-state index contributed by atoms with van der Waals surface area (Å²) in [7, 11) is 0. The lowest BCUT2D eigenvalue weighted by Gasteiger charge is -2.42. The van der Waals surface area contributed by atoms with Crippen molar-refractivity contribution in [1.82, 2.24) is 10.0 Å². The van der Waals surface area contributed by atoms with Crippen LogP contribution in [0.25, 0.3) is 0 Å². The van der Waals surface area contributed by atoms with Crippen molar-refractivity contribution in [3.05, 3.63) is 35.9 Å². The molecule has 1 aromatic carbocycles. The van der Waals surface area contributed by atoms with Crippen LogP contribution in [0.5, 0.6) is 0 Å². The van der Waals surface area contributed by atoms with Gasteiger partial charge in [-0.05, 0) is 59.9 Å². The number of esters is 1. The summed E-state index contributed by atoms with van der Waals surface area (Å²) in [5.41, 5.74) is -0.723. The van der Waals surface area contributed by atoms with Crippen molar-refractivity contribution < 1.29 is 28.6 Å². The Morgan fingerprint density at radius 3 is 2.07 bits per heavy atom. The van der Waals surface area contributed by atoms with E-state index < -0.39 is 35.4 Å². The van der Waals surface area contributed by atoms with Gasteiger partial charge in [-0.25, -0.2) is 19.4 Å². The predicted octanol–water partition coefficient (Wildman–Crippen LogP) is 4.28. The van der Waals surface area contributed by atoms with E-state index in [1.54, 1.807) is 41.5 Å². The summed E-state index contributed by atoms with van der Waals surface area (Å²) >= 11 is 0.